The number of morpholine rings is 1. The summed E-state index contributed by atoms with van der Waals surface area (Å²) in [7, 11) is 0. The molecule has 7 heteroatoms. The predicted molar refractivity (Wildman–Crippen MR) is 89.3 cm³/mol. The lowest BCUT2D eigenvalue weighted by molar-refractivity contribution is -0.0322. The highest BCUT2D eigenvalue weighted by Crippen LogP contribution is 2.27. The van der Waals surface area contributed by atoms with E-state index in [1.807, 2.05) is 0 Å². The average Bonchev–Trinajstić information content (AvgIpc) is 3.10. The Morgan fingerprint density at radius 2 is 2.39 bits per heavy atom. The Morgan fingerprint density at radius 3 is 3.13 bits per heavy atom. The van der Waals surface area contributed by atoms with Crippen LogP contribution < -0.4 is 5.32 Å². The molecule has 0 aliphatic carbocycles. The number of aromatic nitrogens is 2. The van der Waals surface area contributed by atoms with E-state index in [4.69, 9.17) is 10.00 Å². The number of rotatable bonds is 5. The molecule has 120 valence electrons. The molecule has 3 rings (SSSR count). The number of nitriles is 1. The highest BCUT2D eigenvalue weighted by molar-refractivity contribution is 7.10. The van der Waals surface area contributed by atoms with Crippen LogP contribution in [0.5, 0.6) is 0 Å². The van der Waals surface area contributed by atoms with E-state index in [9.17, 15) is 0 Å². The summed E-state index contributed by atoms with van der Waals surface area (Å²) in [5.41, 5.74) is 0.327. The molecule has 3 heterocycles. The molecule has 23 heavy (non-hydrogen) atoms. The number of hydrogen-bond donors (Lipinski definition) is 1. The molecule has 0 saturated carbocycles. The molecule has 1 aliphatic rings. The minimum atomic E-state index is 0.231. The van der Waals surface area contributed by atoms with Crippen molar-refractivity contribution in [1.82, 2.24) is 14.9 Å². The van der Waals surface area contributed by atoms with Gasteiger partial charge < -0.3 is 10.1 Å². The molecular formula is C16H19N5OS. The van der Waals surface area contributed by atoms with Crippen molar-refractivity contribution in [3.8, 4) is 6.07 Å². The Labute approximate surface area is 139 Å². The highest BCUT2D eigenvalue weighted by atomic mass is 32.1. The van der Waals surface area contributed by atoms with Crippen molar-refractivity contribution in [2.24, 2.45) is 0 Å². The van der Waals surface area contributed by atoms with E-state index in [-0.39, 0.29) is 12.1 Å². The van der Waals surface area contributed by atoms with Crippen LogP contribution in [0, 0.1) is 11.3 Å². The van der Waals surface area contributed by atoms with Crippen molar-refractivity contribution in [3.05, 3.63) is 40.5 Å². The standard InChI is InChI=1S/C16H19N5OS/c1-12-11-21(6-7-22-12)14(15-3-2-8-23-15)10-20-16-13(9-17)18-4-5-19-16/h2-5,8,12,14H,6-7,10-11H2,1H3,(H,19,20)/t12-,14-/m0/s1. The van der Waals surface area contributed by atoms with Gasteiger partial charge in [0.2, 0.25) is 0 Å². The Bertz CT molecular complexity index is 669. The van der Waals surface area contributed by atoms with Crippen LogP contribution in [0.3, 0.4) is 0 Å². The van der Waals surface area contributed by atoms with Gasteiger partial charge in [0.1, 0.15) is 6.07 Å². The Balaban J connectivity index is 1.75. The molecule has 0 bridgehead atoms. The number of ether oxygens (including phenoxy) is 1. The fourth-order valence-electron chi connectivity index (χ4n) is 2.76. The van der Waals surface area contributed by atoms with E-state index < -0.39 is 0 Å². The lowest BCUT2D eigenvalue weighted by Crippen LogP contribution is -2.44. The second-order valence-electron chi connectivity index (χ2n) is 5.45. The quantitative estimate of drug-likeness (QED) is 0.907. The number of nitrogens with one attached hydrogen (secondary N) is 1. The van der Waals surface area contributed by atoms with Gasteiger partial charge in [0, 0.05) is 36.9 Å². The molecule has 1 N–H and O–H groups in total. The third kappa shape index (κ3) is 3.85. The van der Waals surface area contributed by atoms with Crippen molar-refractivity contribution in [2.45, 2.75) is 19.1 Å². The zero-order chi connectivity index (χ0) is 16.1. The van der Waals surface area contributed by atoms with Crippen molar-refractivity contribution < 1.29 is 4.74 Å². The number of anilines is 1. The minimum absolute atomic E-state index is 0.231. The Hall–Kier alpha value is -2.01. The number of thiophene rings is 1. The molecule has 1 saturated heterocycles. The zero-order valence-electron chi connectivity index (χ0n) is 13.0. The first-order valence-corrected chi connectivity index (χ1v) is 8.50. The summed E-state index contributed by atoms with van der Waals surface area (Å²) >= 11 is 1.75. The third-order valence-corrected chi connectivity index (χ3v) is 4.83. The molecule has 6 nitrogen and oxygen atoms in total. The molecule has 0 amide bonds. The molecule has 2 aromatic rings. The highest BCUT2D eigenvalue weighted by Gasteiger charge is 2.26. The van der Waals surface area contributed by atoms with Gasteiger partial charge in [-0.1, -0.05) is 6.07 Å². The topological polar surface area (TPSA) is 74.1 Å². The first-order chi connectivity index (χ1) is 11.3. The molecule has 0 spiro atoms. The molecule has 1 fully saturated rings. The summed E-state index contributed by atoms with van der Waals surface area (Å²) in [6, 6.07) is 6.53. The molecular weight excluding hydrogens is 310 g/mol. The summed E-state index contributed by atoms with van der Waals surface area (Å²) in [6.45, 7) is 5.33. The van der Waals surface area contributed by atoms with Crippen LogP contribution in [0.25, 0.3) is 0 Å². The van der Waals surface area contributed by atoms with Gasteiger partial charge in [0.25, 0.3) is 0 Å². The van der Waals surface area contributed by atoms with Crippen LogP contribution in [0.1, 0.15) is 23.5 Å². The first kappa shape index (κ1) is 15.9. The van der Waals surface area contributed by atoms with Gasteiger partial charge in [0.15, 0.2) is 11.5 Å². The maximum atomic E-state index is 9.13. The normalized spacial score (nSPS) is 19.9. The summed E-state index contributed by atoms with van der Waals surface area (Å²) in [5.74, 6) is 0.540. The molecule has 1 aliphatic heterocycles. The summed E-state index contributed by atoms with van der Waals surface area (Å²) in [6.07, 6.45) is 3.36. The minimum Gasteiger partial charge on any atom is -0.376 e. The lowest BCUT2D eigenvalue weighted by Gasteiger charge is -2.37. The smallest absolute Gasteiger partial charge is 0.182 e. The van der Waals surface area contributed by atoms with E-state index in [2.05, 4.69) is 50.7 Å². The maximum Gasteiger partial charge on any atom is 0.182 e. The van der Waals surface area contributed by atoms with E-state index in [1.54, 1.807) is 17.5 Å². The van der Waals surface area contributed by atoms with Crippen molar-refractivity contribution >= 4 is 17.2 Å². The maximum absolute atomic E-state index is 9.13. The van der Waals surface area contributed by atoms with E-state index in [1.165, 1.54) is 11.1 Å². The average molecular weight is 329 g/mol. The van der Waals surface area contributed by atoms with Gasteiger partial charge in [0.05, 0.1) is 18.8 Å². The fourth-order valence-corrected chi connectivity index (χ4v) is 3.62. The SMILES string of the molecule is C[C@H]1CN([C@@H](CNc2nccnc2C#N)c2cccs2)CCO1. The summed E-state index contributed by atoms with van der Waals surface area (Å²) in [4.78, 5) is 12.0. The predicted octanol–water partition coefficient (Wildman–Crippen LogP) is 2.28. The van der Waals surface area contributed by atoms with Gasteiger partial charge in [-0.05, 0) is 18.4 Å². The summed E-state index contributed by atoms with van der Waals surface area (Å²) in [5, 5.41) is 14.5. The van der Waals surface area contributed by atoms with E-state index in [0.717, 1.165) is 19.7 Å². The summed E-state index contributed by atoms with van der Waals surface area (Å²) < 4.78 is 5.65. The van der Waals surface area contributed by atoms with Gasteiger partial charge >= 0.3 is 0 Å². The van der Waals surface area contributed by atoms with Gasteiger partial charge in [-0.2, -0.15) is 5.26 Å². The largest absolute Gasteiger partial charge is 0.376 e. The van der Waals surface area contributed by atoms with Crippen LogP contribution in [-0.4, -0.2) is 47.2 Å². The Morgan fingerprint density at radius 1 is 1.52 bits per heavy atom. The van der Waals surface area contributed by atoms with Crippen LogP contribution in [0.2, 0.25) is 0 Å². The molecule has 0 aromatic carbocycles. The number of hydrogen-bond acceptors (Lipinski definition) is 7. The van der Waals surface area contributed by atoms with Crippen molar-refractivity contribution in [2.75, 3.05) is 31.6 Å². The van der Waals surface area contributed by atoms with Gasteiger partial charge in [-0.3, -0.25) is 4.90 Å². The monoisotopic (exact) mass is 329 g/mol. The second-order valence-corrected chi connectivity index (χ2v) is 6.43. The lowest BCUT2D eigenvalue weighted by atomic mass is 10.1. The van der Waals surface area contributed by atoms with E-state index in [0.29, 0.717) is 18.1 Å². The number of nitrogens with zero attached hydrogens (tertiary/aromatic N) is 4. The molecule has 0 unspecified atom stereocenters. The zero-order valence-corrected chi connectivity index (χ0v) is 13.8. The van der Waals surface area contributed by atoms with Crippen molar-refractivity contribution in [1.29, 1.82) is 5.26 Å². The second kappa shape index (κ2) is 7.51. The van der Waals surface area contributed by atoms with Crippen molar-refractivity contribution in [3.63, 3.8) is 0 Å². The van der Waals surface area contributed by atoms with Gasteiger partial charge in [-0.25, -0.2) is 9.97 Å². The first-order valence-electron chi connectivity index (χ1n) is 7.62. The fraction of sp³-hybridized carbons (Fsp3) is 0.438. The van der Waals surface area contributed by atoms with Crippen LogP contribution >= 0.6 is 11.3 Å². The van der Waals surface area contributed by atoms with E-state index >= 15 is 0 Å². The molecule has 0 radical (unpaired) electrons. The van der Waals surface area contributed by atoms with Crippen LogP contribution in [0.4, 0.5) is 5.82 Å². The van der Waals surface area contributed by atoms with Crippen LogP contribution in [0.15, 0.2) is 29.9 Å². The Kier molecular flexibility index (Phi) is 5.18. The third-order valence-electron chi connectivity index (χ3n) is 3.85. The molecule has 2 aromatic heterocycles. The molecule has 2 atom stereocenters. The van der Waals surface area contributed by atoms with Gasteiger partial charge in [-0.15, -0.1) is 11.3 Å². The van der Waals surface area contributed by atoms with Crippen LogP contribution in [-0.2, 0) is 4.74 Å².